The lowest BCUT2D eigenvalue weighted by molar-refractivity contribution is -0.123. The van der Waals surface area contributed by atoms with E-state index in [9.17, 15) is 14.4 Å². The summed E-state index contributed by atoms with van der Waals surface area (Å²) in [7, 11) is 0. The fraction of sp³-hybridized carbons (Fsp3) is 0.364. The second-order valence-electron chi connectivity index (χ2n) is 10.3. The van der Waals surface area contributed by atoms with Crippen LogP contribution < -0.4 is 15.4 Å². The van der Waals surface area contributed by atoms with Crippen molar-refractivity contribution in [3.05, 3.63) is 102 Å². The summed E-state index contributed by atoms with van der Waals surface area (Å²) >= 11 is 0. The smallest absolute Gasteiger partial charge is 0.445 e. The first kappa shape index (κ1) is 29.6. The summed E-state index contributed by atoms with van der Waals surface area (Å²) in [5.41, 5.74) is 2.51. The third-order valence-corrected chi connectivity index (χ3v) is 7.04. The van der Waals surface area contributed by atoms with Gasteiger partial charge in [0, 0.05) is 12.5 Å². The maximum Gasteiger partial charge on any atom is 0.514 e. The van der Waals surface area contributed by atoms with Crippen molar-refractivity contribution in [3.8, 4) is 5.75 Å². The molecule has 1 atom stereocenters. The summed E-state index contributed by atoms with van der Waals surface area (Å²) in [6.07, 6.45) is 6.40. The van der Waals surface area contributed by atoms with E-state index in [1.54, 1.807) is 24.3 Å². The van der Waals surface area contributed by atoms with E-state index >= 15 is 0 Å². The summed E-state index contributed by atoms with van der Waals surface area (Å²) in [5, 5.41) is 5.91. The van der Waals surface area contributed by atoms with Crippen LogP contribution in [0.3, 0.4) is 0 Å². The molecule has 2 amide bonds. The third-order valence-electron chi connectivity index (χ3n) is 7.04. The number of hydrogen-bond donors (Lipinski definition) is 2. The number of hydrogen-bond acceptors (Lipinski definition) is 6. The quantitative estimate of drug-likeness (QED) is 0.218. The Morgan fingerprint density at radius 2 is 1.24 bits per heavy atom. The normalized spacial score (nSPS) is 14.5. The molecule has 1 saturated carbocycles. The molecule has 0 aromatic heterocycles. The van der Waals surface area contributed by atoms with E-state index in [4.69, 9.17) is 14.2 Å². The number of nitrogens with one attached hydrogen (secondary N) is 2. The zero-order valence-corrected chi connectivity index (χ0v) is 23.3. The van der Waals surface area contributed by atoms with Crippen molar-refractivity contribution in [1.29, 1.82) is 0 Å². The third kappa shape index (κ3) is 10.6. The van der Waals surface area contributed by atoms with E-state index in [1.807, 2.05) is 60.7 Å². The molecule has 1 fully saturated rings. The van der Waals surface area contributed by atoms with Gasteiger partial charge in [0.05, 0.1) is 0 Å². The molecule has 2 N–H and O–H groups in total. The average molecular weight is 559 g/mol. The van der Waals surface area contributed by atoms with Gasteiger partial charge in [-0.15, -0.1) is 0 Å². The van der Waals surface area contributed by atoms with E-state index < -0.39 is 18.3 Å². The second kappa shape index (κ2) is 16.1. The maximum atomic E-state index is 13.4. The van der Waals surface area contributed by atoms with Gasteiger partial charge < -0.3 is 24.8 Å². The molecule has 41 heavy (non-hydrogen) atoms. The predicted octanol–water partition coefficient (Wildman–Crippen LogP) is 6.47. The summed E-state index contributed by atoms with van der Waals surface area (Å²) in [6.45, 7) is 0.220. The SMILES string of the molecule is O=C(N[C@@H](Cc1ccc(OC(=O)OCc2ccccc2)cc1)C(=O)NC1CCCCCCC1)OCc1ccccc1. The Morgan fingerprint density at radius 1 is 0.683 bits per heavy atom. The first-order chi connectivity index (χ1) is 20.0. The molecular weight excluding hydrogens is 520 g/mol. The van der Waals surface area contributed by atoms with Crippen molar-refractivity contribution in [3.63, 3.8) is 0 Å². The van der Waals surface area contributed by atoms with Crippen molar-refractivity contribution in [2.45, 2.75) is 76.7 Å². The lowest BCUT2D eigenvalue weighted by atomic mass is 9.96. The van der Waals surface area contributed by atoms with E-state index in [-0.39, 0.29) is 31.6 Å². The molecule has 0 aliphatic heterocycles. The van der Waals surface area contributed by atoms with Crippen LogP contribution in [0.15, 0.2) is 84.9 Å². The van der Waals surface area contributed by atoms with Crippen molar-refractivity contribution in [2.24, 2.45) is 0 Å². The van der Waals surface area contributed by atoms with Crippen LogP contribution in [0.25, 0.3) is 0 Å². The second-order valence-corrected chi connectivity index (χ2v) is 10.3. The minimum absolute atomic E-state index is 0.0881. The zero-order valence-electron chi connectivity index (χ0n) is 23.3. The molecule has 3 aromatic carbocycles. The van der Waals surface area contributed by atoms with Crippen LogP contribution in [0.4, 0.5) is 9.59 Å². The number of amides is 2. The van der Waals surface area contributed by atoms with Gasteiger partial charge in [-0.3, -0.25) is 4.79 Å². The van der Waals surface area contributed by atoms with E-state index in [0.717, 1.165) is 42.4 Å². The molecule has 4 rings (SSSR count). The first-order valence-corrected chi connectivity index (χ1v) is 14.3. The zero-order chi connectivity index (χ0) is 28.7. The van der Waals surface area contributed by atoms with Crippen LogP contribution in [-0.4, -0.2) is 30.2 Å². The monoisotopic (exact) mass is 558 g/mol. The van der Waals surface area contributed by atoms with Gasteiger partial charge in [-0.2, -0.15) is 0 Å². The molecule has 0 saturated heterocycles. The van der Waals surface area contributed by atoms with Crippen LogP contribution in [0.5, 0.6) is 5.75 Å². The molecule has 1 aliphatic rings. The molecule has 3 aromatic rings. The highest BCUT2D eigenvalue weighted by molar-refractivity contribution is 5.86. The highest BCUT2D eigenvalue weighted by Crippen LogP contribution is 2.18. The Balaban J connectivity index is 1.34. The molecule has 8 heteroatoms. The predicted molar refractivity (Wildman–Crippen MR) is 155 cm³/mol. The van der Waals surface area contributed by atoms with Gasteiger partial charge in [0.25, 0.3) is 0 Å². The van der Waals surface area contributed by atoms with Crippen LogP contribution in [0.1, 0.15) is 61.6 Å². The molecule has 0 spiro atoms. The van der Waals surface area contributed by atoms with Gasteiger partial charge in [-0.05, 0) is 41.7 Å². The molecule has 8 nitrogen and oxygen atoms in total. The fourth-order valence-electron chi connectivity index (χ4n) is 4.79. The van der Waals surface area contributed by atoms with E-state index in [0.29, 0.717) is 5.75 Å². The summed E-state index contributed by atoms with van der Waals surface area (Å²) in [6, 6.07) is 24.8. The van der Waals surface area contributed by atoms with Gasteiger partial charge in [0.2, 0.25) is 5.91 Å². The maximum absolute atomic E-state index is 13.4. The number of carbonyl (C=O) groups excluding carboxylic acids is 3. The van der Waals surface area contributed by atoms with Crippen LogP contribution in [-0.2, 0) is 33.9 Å². The van der Waals surface area contributed by atoms with Gasteiger partial charge in [-0.1, -0.05) is 105 Å². The number of ether oxygens (including phenoxy) is 3. The molecule has 0 unspecified atom stereocenters. The summed E-state index contributed by atoms with van der Waals surface area (Å²) < 4.78 is 15.8. The van der Waals surface area contributed by atoms with Crippen LogP contribution in [0, 0.1) is 0 Å². The summed E-state index contributed by atoms with van der Waals surface area (Å²) in [5.74, 6) is 0.0783. The van der Waals surface area contributed by atoms with Gasteiger partial charge in [0.1, 0.15) is 25.0 Å². The molecule has 216 valence electrons. The van der Waals surface area contributed by atoms with Crippen molar-refractivity contribution >= 4 is 18.2 Å². The molecule has 0 radical (unpaired) electrons. The highest BCUT2D eigenvalue weighted by atomic mass is 16.7. The summed E-state index contributed by atoms with van der Waals surface area (Å²) in [4.78, 5) is 38.1. The lowest BCUT2D eigenvalue weighted by Crippen LogP contribution is -2.50. The fourth-order valence-corrected chi connectivity index (χ4v) is 4.79. The van der Waals surface area contributed by atoms with Crippen molar-refractivity contribution in [1.82, 2.24) is 10.6 Å². The standard InChI is InChI=1S/C33H38N2O6/c36-31(34-28-16-10-2-1-3-11-17-28)30(35-32(37)39-23-26-12-6-4-7-13-26)22-25-18-20-29(21-19-25)41-33(38)40-24-27-14-8-5-9-15-27/h4-9,12-15,18-21,28,30H,1-3,10-11,16-17,22-24H2,(H,34,36)(H,35,37)/t30-/m0/s1. The van der Waals surface area contributed by atoms with Gasteiger partial charge >= 0.3 is 12.2 Å². The molecular formula is C33H38N2O6. The Morgan fingerprint density at radius 3 is 1.85 bits per heavy atom. The molecule has 0 heterocycles. The Labute approximate surface area is 241 Å². The van der Waals surface area contributed by atoms with Gasteiger partial charge in [-0.25, -0.2) is 9.59 Å². The number of alkyl carbamates (subject to hydrolysis) is 1. The minimum Gasteiger partial charge on any atom is -0.445 e. The minimum atomic E-state index is -0.827. The van der Waals surface area contributed by atoms with E-state index in [2.05, 4.69) is 10.6 Å². The van der Waals surface area contributed by atoms with E-state index in [1.165, 1.54) is 19.3 Å². The van der Waals surface area contributed by atoms with Crippen LogP contribution in [0.2, 0.25) is 0 Å². The van der Waals surface area contributed by atoms with Gasteiger partial charge in [0.15, 0.2) is 0 Å². The Hall–Kier alpha value is -4.33. The number of benzene rings is 3. The Bertz CT molecular complexity index is 1230. The largest absolute Gasteiger partial charge is 0.514 e. The first-order valence-electron chi connectivity index (χ1n) is 14.3. The molecule has 0 bridgehead atoms. The van der Waals surface area contributed by atoms with Crippen molar-refractivity contribution < 1.29 is 28.6 Å². The topological polar surface area (TPSA) is 103 Å². The van der Waals surface area contributed by atoms with Crippen molar-refractivity contribution in [2.75, 3.05) is 0 Å². The average Bonchev–Trinajstić information content (AvgIpc) is 2.98. The Kier molecular flexibility index (Phi) is 11.6. The molecule has 1 aliphatic carbocycles. The number of rotatable bonds is 10. The number of carbonyl (C=O) groups is 3. The highest BCUT2D eigenvalue weighted by Gasteiger charge is 2.25. The van der Waals surface area contributed by atoms with Crippen LogP contribution >= 0.6 is 0 Å². The lowest BCUT2D eigenvalue weighted by Gasteiger charge is -2.25.